The summed E-state index contributed by atoms with van der Waals surface area (Å²) < 4.78 is 36.0. The first-order chi connectivity index (χ1) is 18.6. The lowest BCUT2D eigenvalue weighted by Crippen LogP contribution is -2.48. The third kappa shape index (κ3) is 4.50. The van der Waals surface area contributed by atoms with E-state index in [0.29, 0.717) is 6.61 Å². The van der Waals surface area contributed by atoms with Crippen LogP contribution in [0.5, 0.6) is 5.75 Å². The molecule has 6 heteroatoms. The van der Waals surface area contributed by atoms with E-state index in [0.717, 1.165) is 78.1 Å². The number of benzene rings is 3. The summed E-state index contributed by atoms with van der Waals surface area (Å²) in [6.07, 6.45) is 2.75. The van der Waals surface area contributed by atoms with Gasteiger partial charge in [-0.3, -0.25) is 9.88 Å². The second kappa shape index (κ2) is 10.3. The van der Waals surface area contributed by atoms with Gasteiger partial charge in [-0.2, -0.15) is 0 Å². The van der Waals surface area contributed by atoms with Crippen molar-refractivity contribution in [2.24, 2.45) is 0 Å². The van der Waals surface area contributed by atoms with Crippen LogP contribution in [-0.4, -0.2) is 60.0 Å². The summed E-state index contributed by atoms with van der Waals surface area (Å²) in [4.78, 5) is 9.39. The van der Waals surface area contributed by atoms with Crippen molar-refractivity contribution in [3.05, 3.63) is 107 Å². The molecule has 1 saturated heterocycles. The van der Waals surface area contributed by atoms with Crippen molar-refractivity contribution in [1.82, 2.24) is 14.8 Å². The van der Waals surface area contributed by atoms with Crippen LogP contribution in [-0.2, 0) is 0 Å². The second-order valence-corrected chi connectivity index (χ2v) is 10.7. The molecule has 2 fully saturated rings. The van der Waals surface area contributed by atoms with Crippen molar-refractivity contribution >= 4 is 10.9 Å². The summed E-state index contributed by atoms with van der Waals surface area (Å²) in [5.74, 6) is -3.19. The molecule has 1 aromatic heterocycles. The molecule has 3 aromatic carbocycles. The summed E-state index contributed by atoms with van der Waals surface area (Å²) in [7, 11) is 0. The van der Waals surface area contributed by atoms with E-state index in [2.05, 4.69) is 26.9 Å². The fraction of sp³-hybridized carbons (Fsp3) is 0.364. The van der Waals surface area contributed by atoms with Crippen molar-refractivity contribution in [2.75, 3.05) is 39.3 Å². The Morgan fingerprint density at radius 2 is 1.41 bits per heavy atom. The zero-order chi connectivity index (χ0) is 25.7. The van der Waals surface area contributed by atoms with E-state index < -0.39 is 17.8 Å². The van der Waals surface area contributed by atoms with Gasteiger partial charge >= 0.3 is 0 Å². The molecular weight excluding hydrogens is 492 g/mol. The summed E-state index contributed by atoms with van der Waals surface area (Å²) >= 11 is 0. The SMILES string of the molecule is C.FC1(F)C2c3ccccc3C(N3CCN(CCCOc4cccc5ncccc45)CC3)c3ccccc3C21. The molecule has 4 aromatic rings. The van der Waals surface area contributed by atoms with Crippen LogP contribution in [0.2, 0.25) is 0 Å². The predicted octanol–water partition coefficient (Wildman–Crippen LogP) is 6.88. The highest BCUT2D eigenvalue weighted by Crippen LogP contribution is 2.70. The minimum Gasteiger partial charge on any atom is -0.493 e. The molecule has 39 heavy (non-hydrogen) atoms. The van der Waals surface area contributed by atoms with Gasteiger partial charge in [-0.25, -0.2) is 8.78 Å². The lowest BCUT2D eigenvalue weighted by atomic mass is 9.90. The normalized spacial score (nSPS) is 23.6. The minimum atomic E-state index is -2.67. The predicted molar refractivity (Wildman–Crippen MR) is 152 cm³/mol. The zero-order valence-electron chi connectivity index (χ0n) is 21.3. The number of halogens is 2. The number of piperazine rings is 1. The Hall–Kier alpha value is -3.35. The Bertz CT molecular complexity index is 1410. The first-order valence-corrected chi connectivity index (χ1v) is 13.6. The third-order valence-electron chi connectivity index (χ3n) is 8.56. The van der Waals surface area contributed by atoms with E-state index in [1.54, 1.807) is 6.20 Å². The van der Waals surface area contributed by atoms with E-state index in [1.807, 2.05) is 66.7 Å². The Morgan fingerprint density at radius 3 is 2.08 bits per heavy atom. The molecule has 2 aliphatic carbocycles. The van der Waals surface area contributed by atoms with Gasteiger partial charge in [0.15, 0.2) is 0 Å². The summed E-state index contributed by atoms with van der Waals surface area (Å²) in [6, 6.07) is 25.8. The number of pyridine rings is 1. The Balaban J connectivity index is 0.00000277. The summed E-state index contributed by atoms with van der Waals surface area (Å²) in [5.41, 5.74) is 4.70. The molecule has 1 aliphatic heterocycles. The van der Waals surface area contributed by atoms with Crippen LogP contribution in [0.1, 0.15) is 54.0 Å². The van der Waals surface area contributed by atoms with Gasteiger partial charge in [-0.15, -0.1) is 0 Å². The van der Waals surface area contributed by atoms with Gasteiger partial charge in [-0.1, -0.05) is 62.0 Å². The molecule has 0 bridgehead atoms. The van der Waals surface area contributed by atoms with Gasteiger partial charge in [0.1, 0.15) is 5.75 Å². The fourth-order valence-corrected chi connectivity index (χ4v) is 6.66. The van der Waals surface area contributed by atoms with Crippen LogP contribution in [0.4, 0.5) is 8.78 Å². The van der Waals surface area contributed by atoms with Crippen LogP contribution < -0.4 is 4.74 Å². The molecule has 0 radical (unpaired) electrons. The number of ether oxygens (including phenoxy) is 1. The quantitative estimate of drug-likeness (QED) is 0.256. The van der Waals surface area contributed by atoms with Crippen LogP contribution >= 0.6 is 0 Å². The number of nitrogens with zero attached hydrogens (tertiary/aromatic N) is 3. The number of aromatic nitrogens is 1. The average molecular weight is 528 g/mol. The Labute approximate surface area is 229 Å². The number of fused-ring (bicyclic) bond motifs is 6. The summed E-state index contributed by atoms with van der Waals surface area (Å²) in [5, 5.41) is 1.04. The standard InChI is InChI=1S/C32H31F2N3O.CH4/c33-32(34)29-22-8-1-3-10-24(22)31(25-11-4-2-9-23(25)30(29)32)37-19-17-36(18-20-37)16-7-21-38-28-14-5-13-27-26(28)12-6-15-35-27;/h1-6,8-15,29-31H,7,16-21H2;1H4. The molecule has 1 saturated carbocycles. The molecule has 0 amide bonds. The van der Waals surface area contributed by atoms with Gasteiger partial charge < -0.3 is 9.64 Å². The summed E-state index contributed by atoms with van der Waals surface area (Å²) in [6.45, 7) is 5.38. The van der Waals surface area contributed by atoms with Crippen LogP contribution in [0.3, 0.4) is 0 Å². The Morgan fingerprint density at radius 1 is 0.769 bits per heavy atom. The lowest BCUT2D eigenvalue weighted by Gasteiger charge is -2.40. The van der Waals surface area contributed by atoms with Gasteiger partial charge in [0.2, 0.25) is 0 Å². The van der Waals surface area contributed by atoms with Crippen molar-refractivity contribution in [3.8, 4) is 5.75 Å². The molecule has 2 unspecified atom stereocenters. The highest BCUT2D eigenvalue weighted by molar-refractivity contribution is 5.84. The number of alkyl halides is 2. The number of hydrogen-bond acceptors (Lipinski definition) is 4. The smallest absolute Gasteiger partial charge is 0.263 e. The highest BCUT2D eigenvalue weighted by Gasteiger charge is 2.71. The van der Waals surface area contributed by atoms with E-state index in [4.69, 9.17) is 4.74 Å². The largest absolute Gasteiger partial charge is 0.493 e. The van der Waals surface area contributed by atoms with Gasteiger partial charge in [0.05, 0.1) is 30.0 Å². The van der Waals surface area contributed by atoms with Crippen LogP contribution in [0, 0.1) is 0 Å². The number of rotatable bonds is 6. The zero-order valence-corrected chi connectivity index (χ0v) is 21.3. The maximum atomic E-state index is 15.0. The van der Waals surface area contributed by atoms with E-state index in [9.17, 15) is 8.78 Å². The molecule has 4 nitrogen and oxygen atoms in total. The van der Waals surface area contributed by atoms with Crippen molar-refractivity contribution in [2.45, 2.75) is 37.6 Å². The number of hydrogen-bond donors (Lipinski definition) is 0. The molecule has 2 atom stereocenters. The van der Waals surface area contributed by atoms with Crippen molar-refractivity contribution < 1.29 is 13.5 Å². The second-order valence-electron chi connectivity index (χ2n) is 10.7. The molecule has 2 heterocycles. The molecule has 202 valence electrons. The van der Waals surface area contributed by atoms with E-state index in [-0.39, 0.29) is 13.5 Å². The topological polar surface area (TPSA) is 28.6 Å². The first kappa shape index (κ1) is 25.9. The average Bonchev–Trinajstić information content (AvgIpc) is 3.57. The molecular formula is C33H35F2N3O. The third-order valence-corrected chi connectivity index (χ3v) is 8.56. The van der Waals surface area contributed by atoms with Crippen molar-refractivity contribution in [3.63, 3.8) is 0 Å². The van der Waals surface area contributed by atoms with Crippen LogP contribution in [0.25, 0.3) is 10.9 Å². The van der Waals surface area contributed by atoms with E-state index >= 15 is 0 Å². The van der Waals surface area contributed by atoms with Crippen molar-refractivity contribution in [1.29, 1.82) is 0 Å². The van der Waals surface area contributed by atoms with E-state index in [1.165, 1.54) is 0 Å². The molecule has 0 N–H and O–H groups in total. The Kier molecular flexibility index (Phi) is 6.86. The van der Waals surface area contributed by atoms with Crippen LogP contribution in [0.15, 0.2) is 85.1 Å². The van der Waals surface area contributed by atoms with Gasteiger partial charge in [-0.05, 0) is 52.9 Å². The molecule has 0 spiro atoms. The molecule has 3 aliphatic rings. The maximum Gasteiger partial charge on any atom is 0.263 e. The fourth-order valence-electron chi connectivity index (χ4n) is 6.66. The lowest BCUT2D eigenvalue weighted by molar-refractivity contribution is 0.0958. The highest BCUT2D eigenvalue weighted by atomic mass is 19.3. The maximum absolute atomic E-state index is 15.0. The first-order valence-electron chi connectivity index (χ1n) is 13.6. The monoisotopic (exact) mass is 527 g/mol. The minimum absolute atomic E-state index is 0. The van der Waals surface area contributed by atoms with Gasteiger partial charge in [0.25, 0.3) is 5.92 Å². The van der Waals surface area contributed by atoms with Gasteiger partial charge in [0, 0.05) is 44.3 Å². The molecule has 7 rings (SSSR count).